The van der Waals surface area contributed by atoms with Crippen LogP contribution in [-0.2, 0) is 0 Å². The molecule has 0 fully saturated rings. The zero-order valence-electron chi connectivity index (χ0n) is 24.5. The van der Waals surface area contributed by atoms with E-state index in [1.165, 1.54) is 110 Å². The lowest BCUT2D eigenvalue weighted by atomic mass is 10.1. The molecule has 1 aromatic carbocycles. The summed E-state index contributed by atoms with van der Waals surface area (Å²) in [5.41, 5.74) is 6.44. The molecule has 0 saturated heterocycles. The normalized spacial score (nSPS) is 10.9. The Kier molecular flexibility index (Phi) is 17.6. The minimum Gasteiger partial charge on any atom is -1.00 e. The Morgan fingerprint density at radius 2 is 1.50 bits per heavy atom. The zero-order valence-corrected chi connectivity index (χ0v) is 26.9. The quantitative estimate of drug-likeness (QED) is 0.145. The van der Waals surface area contributed by atoms with Gasteiger partial charge in [-0.3, -0.25) is 0 Å². The van der Waals surface area contributed by atoms with Gasteiger partial charge in [-0.15, -0.1) is 21.7 Å². The van der Waals surface area contributed by atoms with E-state index >= 15 is 0 Å². The van der Waals surface area contributed by atoms with Crippen LogP contribution >= 0.6 is 23.1 Å². The van der Waals surface area contributed by atoms with Crippen LogP contribution in [0.15, 0.2) is 29.4 Å². The molecule has 0 aliphatic rings. The molecule has 0 aliphatic carbocycles. The van der Waals surface area contributed by atoms with E-state index in [2.05, 4.69) is 53.9 Å². The molecule has 0 atom stereocenters. The summed E-state index contributed by atoms with van der Waals surface area (Å²) >= 11 is 2.57. The first-order chi connectivity index (χ1) is 18.9. The van der Waals surface area contributed by atoms with Gasteiger partial charge in [0.15, 0.2) is 5.01 Å². The number of hydrogen-bond donors (Lipinski definition) is 2. The zero-order chi connectivity index (χ0) is 28.5. The van der Waals surface area contributed by atoms with E-state index in [4.69, 9.17) is 12.2 Å². The van der Waals surface area contributed by atoms with Crippen LogP contribution in [0, 0.1) is 12.3 Å². The van der Waals surface area contributed by atoms with Crippen LogP contribution in [0.5, 0.6) is 5.75 Å². The summed E-state index contributed by atoms with van der Waals surface area (Å²) in [6.45, 7) is 15.0. The van der Waals surface area contributed by atoms with Crippen molar-refractivity contribution in [3.8, 4) is 33.8 Å². The number of hydrogen-bond acceptors (Lipinski definition) is 8. The fourth-order valence-corrected chi connectivity index (χ4v) is 5.67. The van der Waals surface area contributed by atoms with E-state index in [9.17, 15) is 5.11 Å². The maximum Gasteiger partial charge on any atom is 0.236 e. The number of nitrogens with zero attached hydrogens (tertiary/aromatic N) is 6. The summed E-state index contributed by atoms with van der Waals surface area (Å²) in [6.07, 6.45) is 16.3. The van der Waals surface area contributed by atoms with Crippen molar-refractivity contribution in [2.75, 3.05) is 37.7 Å². The first-order valence-electron chi connectivity index (χ1n) is 14.2. The molecule has 11 heteroatoms. The standard InChI is InChI=1S/C16H36N.C13H10N6OS2.ClH/c1-5-9-13-17(14-10-6-2,15-11-7-3)16-12-8-4;1-2-7-21-12-15-11(14)19(18-12)13-17-16-10(22-13)8-5-3-4-6-9(8)20;/h5-16H2,1-4H3;1,3-6,20H,7H2,(H2,14,15,18);1H/q+1;;/p-1. The minimum atomic E-state index is 0. The van der Waals surface area contributed by atoms with Gasteiger partial charge < -0.3 is 27.7 Å². The highest BCUT2D eigenvalue weighted by molar-refractivity contribution is 7.99. The molecule has 8 nitrogen and oxygen atoms in total. The van der Waals surface area contributed by atoms with Crippen LogP contribution in [0.4, 0.5) is 5.95 Å². The van der Waals surface area contributed by atoms with Gasteiger partial charge in [-0.05, 0) is 37.8 Å². The largest absolute Gasteiger partial charge is 1.00 e. The van der Waals surface area contributed by atoms with Crippen molar-refractivity contribution in [1.82, 2.24) is 25.0 Å². The maximum atomic E-state index is 9.86. The number of thioether (sulfide) groups is 1. The van der Waals surface area contributed by atoms with Gasteiger partial charge in [0.25, 0.3) is 0 Å². The number of nitrogen functional groups attached to an aromatic ring is 1. The number of rotatable bonds is 16. The molecule has 0 radical (unpaired) electrons. The van der Waals surface area contributed by atoms with Gasteiger partial charge in [0, 0.05) is 0 Å². The fraction of sp³-hybridized carbons (Fsp3) is 0.586. The Balaban J connectivity index is 0.000000406. The number of phenols is 1. The summed E-state index contributed by atoms with van der Waals surface area (Å²) in [5.74, 6) is 3.31. The Morgan fingerprint density at radius 3 is 2.00 bits per heavy atom. The molecule has 0 spiro atoms. The summed E-state index contributed by atoms with van der Waals surface area (Å²) in [5, 5.41) is 23.7. The van der Waals surface area contributed by atoms with E-state index in [1.807, 2.05) is 6.07 Å². The van der Waals surface area contributed by atoms with Crippen molar-refractivity contribution in [2.24, 2.45) is 0 Å². The lowest BCUT2D eigenvalue weighted by molar-refractivity contribution is -0.929. The predicted octanol–water partition coefficient (Wildman–Crippen LogP) is 3.81. The van der Waals surface area contributed by atoms with E-state index in [0.717, 1.165) is 0 Å². The number of aromatic nitrogens is 5. The van der Waals surface area contributed by atoms with Crippen molar-refractivity contribution in [1.29, 1.82) is 0 Å². The Hall–Kier alpha value is -2.32. The Labute approximate surface area is 255 Å². The van der Waals surface area contributed by atoms with E-state index in [-0.39, 0.29) is 24.1 Å². The minimum absolute atomic E-state index is 0. The summed E-state index contributed by atoms with van der Waals surface area (Å²) < 4.78 is 2.82. The molecule has 0 amide bonds. The van der Waals surface area contributed by atoms with Gasteiger partial charge in [0.05, 0.1) is 37.5 Å². The molecule has 3 aromatic rings. The van der Waals surface area contributed by atoms with E-state index < -0.39 is 0 Å². The van der Waals surface area contributed by atoms with Crippen LogP contribution in [0.3, 0.4) is 0 Å². The Bertz CT molecular complexity index is 1110. The first kappa shape index (κ1) is 35.7. The highest BCUT2D eigenvalue weighted by Crippen LogP contribution is 2.32. The van der Waals surface area contributed by atoms with Crippen LogP contribution < -0.4 is 18.1 Å². The molecule has 40 heavy (non-hydrogen) atoms. The average Bonchev–Trinajstić information content (AvgIpc) is 3.58. The van der Waals surface area contributed by atoms with Gasteiger partial charge in [-0.25, -0.2) is 0 Å². The molecule has 3 N–H and O–H groups in total. The smallest absolute Gasteiger partial charge is 0.236 e. The Morgan fingerprint density at radius 1 is 0.950 bits per heavy atom. The van der Waals surface area contributed by atoms with Gasteiger partial charge in [-0.2, -0.15) is 9.67 Å². The molecule has 0 bridgehead atoms. The van der Waals surface area contributed by atoms with E-state index in [0.29, 0.717) is 26.6 Å². The average molecular weight is 608 g/mol. The molecular formula is C29H46ClN7OS2. The molecule has 0 unspecified atom stereocenters. The van der Waals surface area contributed by atoms with Gasteiger partial charge >= 0.3 is 0 Å². The van der Waals surface area contributed by atoms with Gasteiger partial charge in [-0.1, -0.05) is 94.5 Å². The van der Waals surface area contributed by atoms with Crippen LogP contribution in [0.1, 0.15) is 79.1 Å². The second kappa shape index (κ2) is 19.7. The molecule has 2 aromatic heterocycles. The van der Waals surface area contributed by atoms with Crippen molar-refractivity contribution >= 4 is 29.0 Å². The summed E-state index contributed by atoms with van der Waals surface area (Å²) in [7, 11) is 0. The lowest BCUT2D eigenvalue weighted by Crippen LogP contribution is -3.00. The fourth-order valence-electron chi connectivity index (χ4n) is 4.32. The number of benzene rings is 1. The highest BCUT2D eigenvalue weighted by atomic mass is 35.5. The van der Waals surface area contributed by atoms with E-state index in [1.54, 1.807) is 18.2 Å². The van der Waals surface area contributed by atoms with Crippen molar-refractivity contribution in [3.63, 3.8) is 0 Å². The number of nitrogens with two attached hydrogens (primary N) is 1. The molecule has 222 valence electrons. The second-order valence-electron chi connectivity index (χ2n) is 9.71. The molecule has 0 aliphatic heterocycles. The molecule has 3 rings (SSSR count). The number of phenolic OH excluding ortho intramolecular Hbond substituents is 1. The van der Waals surface area contributed by atoms with Crippen molar-refractivity contribution in [3.05, 3.63) is 24.3 Å². The van der Waals surface area contributed by atoms with Crippen molar-refractivity contribution < 1.29 is 22.0 Å². The summed E-state index contributed by atoms with van der Waals surface area (Å²) in [6, 6.07) is 6.91. The molecule has 2 heterocycles. The third-order valence-corrected chi connectivity index (χ3v) is 8.25. The van der Waals surface area contributed by atoms with Crippen LogP contribution in [0.2, 0.25) is 0 Å². The third kappa shape index (κ3) is 11.3. The number of halogens is 1. The topological polar surface area (TPSA) is 103 Å². The predicted molar refractivity (Wildman–Crippen MR) is 165 cm³/mol. The molecular weight excluding hydrogens is 562 g/mol. The molecule has 0 saturated carbocycles. The number of terminal acetylenes is 1. The number of quaternary nitrogens is 1. The number of aromatic hydroxyl groups is 1. The van der Waals surface area contributed by atoms with Crippen molar-refractivity contribution in [2.45, 2.75) is 84.2 Å². The number of anilines is 1. The second-order valence-corrected chi connectivity index (χ2v) is 11.6. The van der Waals surface area contributed by atoms with Crippen LogP contribution in [0.25, 0.3) is 15.7 Å². The highest BCUT2D eigenvalue weighted by Gasteiger charge is 2.24. The third-order valence-electron chi connectivity index (χ3n) is 6.57. The van der Waals surface area contributed by atoms with Crippen LogP contribution in [-0.4, -0.2) is 66.5 Å². The van der Waals surface area contributed by atoms with Gasteiger partial charge in [0.2, 0.25) is 16.2 Å². The number of unbranched alkanes of at least 4 members (excludes halogenated alkanes) is 4. The first-order valence-corrected chi connectivity index (χ1v) is 16.0. The van der Waals surface area contributed by atoms with Gasteiger partial charge in [0.1, 0.15) is 5.75 Å². The number of para-hydroxylation sites is 1. The maximum absolute atomic E-state index is 9.86. The summed E-state index contributed by atoms with van der Waals surface area (Å²) in [4.78, 5) is 4.11. The monoisotopic (exact) mass is 607 g/mol. The SMILES string of the molecule is C#CCSc1nc(N)n(-c2nnc(-c3ccccc3O)s2)n1.CCCC[N+](CCCC)(CCCC)CCCC.[Cl-]. The lowest BCUT2D eigenvalue weighted by Gasteiger charge is -2.39.